The highest BCUT2D eigenvalue weighted by molar-refractivity contribution is 5.81. The van der Waals surface area contributed by atoms with Gasteiger partial charge >= 0.3 is 0 Å². The van der Waals surface area contributed by atoms with E-state index in [4.69, 9.17) is 0 Å². The van der Waals surface area contributed by atoms with E-state index in [1.165, 1.54) is 37.7 Å². The number of hydrogen-bond acceptors (Lipinski definition) is 1. The van der Waals surface area contributed by atoms with Crippen LogP contribution in [0.4, 0.5) is 0 Å². The topological polar surface area (TPSA) is 17.1 Å². The highest BCUT2D eigenvalue weighted by atomic mass is 16.1. The summed E-state index contributed by atoms with van der Waals surface area (Å²) in [4.78, 5) is 11.8. The Kier molecular flexibility index (Phi) is 4.80. The second-order valence-electron chi connectivity index (χ2n) is 6.48. The average molecular weight is 270 g/mol. The van der Waals surface area contributed by atoms with E-state index in [1.54, 1.807) is 6.92 Å². The first-order chi connectivity index (χ1) is 9.54. The summed E-state index contributed by atoms with van der Waals surface area (Å²) in [5.74, 6) is 0.864. The molecule has 0 unspecified atom stereocenters. The molecule has 0 saturated heterocycles. The van der Waals surface area contributed by atoms with Crippen molar-refractivity contribution in [3.05, 3.63) is 42.5 Å². The van der Waals surface area contributed by atoms with E-state index in [-0.39, 0.29) is 11.2 Å². The molecule has 1 heteroatoms. The predicted molar refractivity (Wildman–Crippen MR) is 85.5 cm³/mol. The third-order valence-electron chi connectivity index (χ3n) is 4.93. The number of allylic oxidation sites excluding steroid dienone is 1. The molecule has 0 aliphatic heterocycles. The molecule has 1 atom stereocenters. The van der Waals surface area contributed by atoms with Gasteiger partial charge in [-0.15, -0.1) is 0 Å². The van der Waals surface area contributed by atoms with E-state index in [2.05, 4.69) is 37.8 Å². The highest BCUT2D eigenvalue weighted by Gasteiger charge is 2.38. The normalized spacial score (nSPS) is 19.3. The summed E-state index contributed by atoms with van der Waals surface area (Å²) in [6, 6.07) is 10.4. The minimum Gasteiger partial charge on any atom is -0.300 e. The van der Waals surface area contributed by atoms with Gasteiger partial charge in [0, 0.05) is 11.8 Å². The zero-order valence-corrected chi connectivity index (χ0v) is 12.8. The second-order valence-corrected chi connectivity index (χ2v) is 6.48. The molecule has 108 valence electrons. The van der Waals surface area contributed by atoms with Gasteiger partial charge in [-0.3, -0.25) is 4.79 Å². The SMILES string of the molecule is C=C(c1ccccc1)[C@](C)(CC(C)=O)C1CCCCC1. The summed E-state index contributed by atoms with van der Waals surface area (Å²) < 4.78 is 0. The van der Waals surface area contributed by atoms with Crippen molar-refractivity contribution >= 4 is 11.4 Å². The van der Waals surface area contributed by atoms with Gasteiger partial charge < -0.3 is 0 Å². The first-order valence-electron chi connectivity index (χ1n) is 7.78. The lowest BCUT2D eigenvalue weighted by atomic mass is 9.62. The van der Waals surface area contributed by atoms with Crippen molar-refractivity contribution in [3.8, 4) is 0 Å². The quantitative estimate of drug-likeness (QED) is 0.712. The van der Waals surface area contributed by atoms with Crippen LogP contribution in [0.5, 0.6) is 0 Å². The fourth-order valence-electron chi connectivity index (χ4n) is 3.72. The van der Waals surface area contributed by atoms with Crippen LogP contribution < -0.4 is 0 Å². The van der Waals surface area contributed by atoms with Crippen LogP contribution in [0.25, 0.3) is 5.57 Å². The highest BCUT2D eigenvalue weighted by Crippen LogP contribution is 2.49. The Morgan fingerprint density at radius 1 is 1.20 bits per heavy atom. The number of carbonyl (C=O) groups excluding carboxylic acids is 1. The molecule has 2 rings (SSSR count). The maximum atomic E-state index is 11.8. The number of hydrogen-bond donors (Lipinski definition) is 0. The lowest BCUT2D eigenvalue weighted by Crippen LogP contribution is -2.32. The molecule has 0 radical (unpaired) electrons. The second kappa shape index (κ2) is 6.39. The minimum atomic E-state index is -0.0897. The fourth-order valence-corrected chi connectivity index (χ4v) is 3.72. The van der Waals surface area contributed by atoms with E-state index >= 15 is 0 Å². The molecule has 1 aromatic carbocycles. The summed E-state index contributed by atoms with van der Waals surface area (Å²) in [7, 11) is 0. The van der Waals surface area contributed by atoms with Crippen molar-refractivity contribution in [2.75, 3.05) is 0 Å². The Labute approximate surface area is 123 Å². The molecule has 0 spiro atoms. The van der Waals surface area contributed by atoms with Crippen molar-refractivity contribution in [1.82, 2.24) is 0 Å². The van der Waals surface area contributed by atoms with E-state index in [9.17, 15) is 4.79 Å². The molecule has 1 fully saturated rings. The first kappa shape index (κ1) is 15.0. The molecule has 1 nitrogen and oxygen atoms in total. The van der Waals surface area contributed by atoms with Crippen molar-refractivity contribution in [2.24, 2.45) is 11.3 Å². The van der Waals surface area contributed by atoms with Crippen molar-refractivity contribution in [1.29, 1.82) is 0 Å². The van der Waals surface area contributed by atoms with Crippen LogP contribution in [0.15, 0.2) is 36.9 Å². The van der Waals surface area contributed by atoms with Crippen LogP contribution in [0, 0.1) is 11.3 Å². The molecule has 0 aromatic heterocycles. The zero-order chi connectivity index (χ0) is 14.6. The van der Waals surface area contributed by atoms with Crippen LogP contribution in [0.2, 0.25) is 0 Å². The maximum absolute atomic E-state index is 11.8. The van der Waals surface area contributed by atoms with Gasteiger partial charge in [0.2, 0.25) is 0 Å². The summed E-state index contributed by atoms with van der Waals surface area (Å²) in [6.45, 7) is 8.33. The maximum Gasteiger partial charge on any atom is 0.130 e. The summed E-state index contributed by atoms with van der Waals surface area (Å²) in [5, 5.41) is 0. The standard InChI is InChI=1S/C19H26O/c1-15(20)14-19(3,18-12-8-5-9-13-18)16(2)17-10-6-4-7-11-17/h4,6-7,10-11,18H,2,5,8-9,12-14H2,1,3H3/t19-/m0/s1. The molecular weight excluding hydrogens is 244 g/mol. The Hall–Kier alpha value is -1.37. The van der Waals surface area contributed by atoms with Gasteiger partial charge in [-0.1, -0.05) is 63.1 Å². The van der Waals surface area contributed by atoms with Crippen LogP contribution in [-0.2, 0) is 4.79 Å². The number of rotatable bonds is 5. The number of ketones is 1. The van der Waals surface area contributed by atoms with Crippen molar-refractivity contribution in [2.45, 2.75) is 52.4 Å². The molecule has 0 N–H and O–H groups in total. The molecule has 1 saturated carbocycles. The zero-order valence-electron chi connectivity index (χ0n) is 12.8. The van der Waals surface area contributed by atoms with Crippen molar-refractivity contribution in [3.63, 3.8) is 0 Å². The third-order valence-corrected chi connectivity index (χ3v) is 4.93. The monoisotopic (exact) mass is 270 g/mol. The van der Waals surface area contributed by atoms with Gasteiger partial charge in [0.25, 0.3) is 0 Å². The van der Waals surface area contributed by atoms with Gasteiger partial charge in [-0.25, -0.2) is 0 Å². The van der Waals surface area contributed by atoms with Crippen LogP contribution in [0.1, 0.15) is 57.9 Å². The molecule has 1 aliphatic carbocycles. The Bertz CT molecular complexity index is 468. The van der Waals surface area contributed by atoms with Gasteiger partial charge in [-0.2, -0.15) is 0 Å². The third kappa shape index (κ3) is 3.20. The van der Waals surface area contributed by atoms with Crippen LogP contribution in [0.3, 0.4) is 0 Å². The van der Waals surface area contributed by atoms with E-state index < -0.39 is 0 Å². The van der Waals surface area contributed by atoms with E-state index in [1.807, 2.05) is 6.07 Å². The number of Topliss-reactive ketones (excluding diaryl/α,β-unsaturated/α-hetero) is 1. The van der Waals surface area contributed by atoms with Gasteiger partial charge in [0.15, 0.2) is 0 Å². The summed E-state index contributed by atoms with van der Waals surface area (Å²) in [6.07, 6.45) is 7.00. The Morgan fingerprint density at radius 3 is 2.35 bits per heavy atom. The first-order valence-corrected chi connectivity index (χ1v) is 7.78. The number of benzene rings is 1. The smallest absolute Gasteiger partial charge is 0.130 e. The van der Waals surface area contributed by atoms with Crippen LogP contribution in [-0.4, -0.2) is 5.78 Å². The largest absolute Gasteiger partial charge is 0.300 e. The molecule has 0 amide bonds. The van der Waals surface area contributed by atoms with Gasteiger partial charge in [-0.05, 0) is 36.8 Å². The van der Waals surface area contributed by atoms with E-state index in [0.29, 0.717) is 12.3 Å². The molecule has 1 aliphatic rings. The van der Waals surface area contributed by atoms with Gasteiger partial charge in [0.1, 0.15) is 5.78 Å². The Morgan fingerprint density at radius 2 is 1.80 bits per heavy atom. The minimum absolute atomic E-state index is 0.0897. The summed E-state index contributed by atoms with van der Waals surface area (Å²) >= 11 is 0. The summed E-state index contributed by atoms with van der Waals surface area (Å²) in [5.41, 5.74) is 2.23. The lowest BCUT2D eigenvalue weighted by Gasteiger charge is -2.41. The molecular formula is C19H26O. The Balaban J connectivity index is 2.30. The molecule has 20 heavy (non-hydrogen) atoms. The van der Waals surface area contributed by atoms with Gasteiger partial charge in [0.05, 0.1) is 0 Å². The molecule has 1 aromatic rings. The van der Waals surface area contributed by atoms with E-state index in [0.717, 1.165) is 5.57 Å². The fraction of sp³-hybridized carbons (Fsp3) is 0.526. The molecule has 0 heterocycles. The lowest BCUT2D eigenvalue weighted by molar-refractivity contribution is -0.119. The van der Waals surface area contributed by atoms with Crippen molar-refractivity contribution < 1.29 is 4.79 Å². The van der Waals surface area contributed by atoms with Crippen LogP contribution >= 0.6 is 0 Å². The average Bonchev–Trinajstić information content (AvgIpc) is 2.47. The molecule has 0 bridgehead atoms. The predicted octanol–water partition coefficient (Wildman–Crippen LogP) is 5.27. The number of carbonyl (C=O) groups is 1.